The molecule has 4 nitrogen and oxygen atoms in total. The maximum Gasteiger partial charge on any atom is 0.417 e. The van der Waals surface area contributed by atoms with Crippen LogP contribution in [-0.2, 0) is 11.0 Å². The Morgan fingerprint density at radius 1 is 1.11 bits per heavy atom. The lowest BCUT2D eigenvalue weighted by molar-refractivity contribution is -0.137. The number of piperidine rings is 1. The maximum atomic E-state index is 12.9. The molecule has 8 heteroatoms. The zero-order valence-corrected chi connectivity index (χ0v) is 14.9. The standard InChI is InChI=1S/C20H19F4N3O/c21-16-5-1-14(2-6-16)3-8-19(28)26-17-9-11-27(12-10-17)18-7-4-15(13-25-18)20(22,23)24/h1-8,13,17H,9-12H2,(H,26,28). The number of hydrogen-bond donors (Lipinski definition) is 1. The zero-order chi connectivity index (χ0) is 20.1. The second-order valence-corrected chi connectivity index (χ2v) is 6.56. The fourth-order valence-corrected chi connectivity index (χ4v) is 2.99. The molecule has 2 heterocycles. The number of halogens is 4. The minimum Gasteiger partial charge on any atom is -0.356 e. The molecule has 1 aliphatic heterocycles. The number of carbonyl (C=O) groups is 1. The monoisotopic (exact) mass is 393 g/mol. The van der Waals surface area contributed by atoms with Crippen molar-refractivity contribution in [3.05, 3.63) is 65.6 Å². The lowest BCUT2D eigenvalue weighted by atomic mass is 10.0. The van der Waals surface area contributed by atoms with E-state index < -0.39 is 11.7 Å². The van der Waals surface area contributed by atoms with Gasteiger partial charge in [0, 0.05) is 31.4 Å². The first-order chi connectivity index (χ1) is 13.3. The van der Waals surface area contributed by atoms with Gasteiger partial charge >= 0.3 is 6.18 Å². The van der Waals surface area contributed by atoms with Crippen molar-refractivity contribution in [1.29, 1.82) is 0 Å². The number of carbonyl (C=O) groups excluding carboxylic acids is 1. The van der Waals surface area contributed by atoms with Crippen molar-refractivity contribution in [2.45, 2.75) is 25.1 Å². The molecule has 0 atom stereocenters. The van der Waals surface area contributed by atoms with Crippen molar-refractivity contribution in [1.82, 2.24) is 10.3 Å². The molecule has 0 bridgehead atoms. The summed E-state index contributed by atoms with van der Waals surface area (Å²) >= 11 is 0. The molecule has 0 saturated carbocycles. The summed E-state index contributed by atoms with van der Waals surface area (Å²) in [5.41, 5.74) is -0.0499. The molecule has 0 aliphatic carbocycles. The Morgan fingerprint density at radius 3 is 2.36 bits per heavy atom. The maximum absolute atomic E-state index is 12.9. The van der Waals surface area contributed by atoms with E-state index in [-0.39, 0.29) is 17.8 Å². The number of benzene rings is 1. The van der Waals surface area contributed by atoms with Crippen molar-refractivity contribution in [3.8, 4) is 0 Å². The summed E-state index contributed by atoms with van der Waals surface area (Å²) in [7, 11) is 0. The first-order valence-corrected chi connectivity index (χ1v) is 8.83. The number of anilines is 1. The quantitative estimate of drug-likeness (QED) is 0.630. The third-order valence-electron chi connectivity index (χ3n) is 4.54. The average molecular weight is 393 g/mol. The summed E-state index contributed by atoms with van der Waals surface area (Å²) < 4.78 is 50.7. The fourth-order valence-electron chi connectivity index (χ4n) is 2.99. The van der Waals surface area contributed by atoms with Crippen LogP contribution in [0.25, 0.3) is 6.08 Å². The molecule has 1 N–H and O–H groups in total. The van der Waals surface area contributed by atoms with Gasteiger partial charge in [0.25, 0.3) is 0 Å². The Kier molecular flexibility index (Phi) is 5.96. The van der Waals surface area contributed by atoms with Gasteiger partial charge in [-0.1, -0.05) is 12.1 Å². The summed E-state index contributed by atoms with van der Waals surface area (Å²) in [5.74, 6) is -0.0830. The Morgan fingerprint density at radius 2 is 1.79 bits per heavy atom. The molecule has 0 radical (unpaired) electrons. The summed E-state index contributed by atoms with van der Waals surface area (Å²) in [6.45, 7) is 1.18. The van der Waals surface area contributed by atoms with Crippen LogP contribution in [0.3, 0.4) is 0 Å². The van der Waals surface area contributed by atoms with Crippen LogP contribution in [0, 0.1) is 5.82 Å². The van der Waals surface area contributed by atoms with Crippen LogP contribution in [0.1, 0.15) is 24.0 Å². The van der Waals surface area contributed by atoms with Gasteiger partial charge in [0.05, 0.1) is 5.56 Å². The van der Waals surface area contributed by atoms with Gasteiger partial charge in [0.2, 0.25) is 5.91 Å². The van der Waals surface area contributed by atoms with Gasteiger partial charge in [-0.3, -0.25) is 4.79 Å². The van der Waals surface area contributed by atoms with Crippen molar-refractivity contribution in [3.63, 3.8) is 0 Å². The molecule has 1 aliphatic rings. The van der Waals surface area contributed by atoms with Crippen molar-refractivity contribution in [2.24, 2.45) is 0 Å². The van der Waals surface area contributed by atoms with E-state index in [4.69, 9.17) is 0 Å². The number of rotatable bonds is 4. The van der Waals surface area contributed by atoms with Crippen LogP contribution < -0.4 is 10.2 Å². The van der Waals surface area contributed by atoms with E-state index in [1.807, 2.05) is 4.90 Å². The second-order valence-electron chi connectivity index (χ2n) is 6.56. The van der Waals surface area contributed by atoms with Gasteiger partial charge in [0.1, 0.15) is 11.6 Å². The Balaban J connectivity index is 1.48. The van der Waals surface area contributed by atoms with Crippen LogP contribution in [0.5, 0.6) is 0 Å². The van der Waals surface area contributed by atoms with Gasteiger partial charge in [-0.05, 0) is 48.7 Å². The number of aromatic nitrogens is 1. The number of alkyl halides is 3. The lowest BCUT2D eigenvalue weighted by Crippen LogP contribution is -2.44. The van der Waals surface area contributed by atoms with Crippen LogP contribution in [0.4, 0.5) is 23.4 Å². The normalized spacial score (nSPS) is 15.8. The van der Waals surface area contributed by atoms with Crippen molar-refractivity contribution < 1.29 is 22.4 Å². The number of hydrogen-bond acceptors (Lipinski definition) is 3. The number of nitrogens with zero attached hydrogens (tertiary/aromatic N) is 2. The lowest BCUT2D eigenvalue weighted by Gasteiger charge is -2.33. The second kappa shape index (κ2) is 8.41. The molecule has 0 spiro atoms. The summed E-state index contributed by atoms with van der Waals surface area (Å²) in [6, 6.07) is 8.18. The Bertz CT molecular complexity index is 824. The first kappa shape index (κ1) is 19.9. The predicted octanol–water partition coefficient (Wildman–Crippen LogP) is 4.04. The molecule has 2 aromatic rings. The molecule has 28 heavy (non-hydrogen) atoms. The minimum atomic E-state index is -4.40. The zero-order valence-electron chi connectivity index (χ0n) is 14.9. The highest BCUT2D eigenvalue weighted by Crippen LogP contribution is 2.29. The number of pyridine rings is 1. The van der Waals surface area contributed by atoms with E-state index in [9.17, 15) is 22.4 Å². The molecule has 1 aromatic heterocycles. The van der Waals surface area contributed by atoms with Crippen molar-refractivity contribution in [2.75, 3.05) is 18.0 Å². The van der Waals surface area contributed by atoms with Crippen molar-refractivity contribution >= 4 is 17.8 Å². The van der Waals surface area contributed by atoms with E-state index in [0.717, 1.165) is 17.8 Å². The number of nitrogens with one attached hydrogen (secondary N) is 1. The SMILES string of the molecule is O=C(C=Cc1ccc(F)cc1)NC1CCN(c2ccc(C(F)(F)F)cn2)CC1. The highest BCUT2D eigenvalue weighted by molar-refractivity contribution is 5.91. The predicted molar refractivity (Wildman–Crippen MR) is 98.1 cm³/mol. The minimum absolute atomic E-state index is 0.0175. The Hall–Kier alpha value is -2.90. The molecule has 148 valence electrons. The largest absolute Gasteiger partial charge is 0.417 e. The van der Waals surface area contributed by atoms with E-state index >= 15 is 0 Å². The third kappa shape index (κ3) is 5.31. The molecule has 0 unspecified atom stereocenters. The Labute approximate surface area is 159 Å². The van der Waals surface area contributed by atoms with Crippen LogP contribution >= 0.6 is 0 Å². The first-order valence-electron chi connectivity index (χ1n) is 8.83. The molecular weight excluding hydrogens is 374 g/mol. The topological polar surface area (TPSA) is 45.2 Å². The summed E-state index contributed by atoms with van der Waals surface area (Å²) in [5, 5.41) is 2.91. The van der Waals surface area contributed by atoms with E-state index in [2.05, 4.69) is 10.3 Å². The van der Waals surface area contributed by atoms with Crippen LogP contribution in [0.15, 0.2) is 48.7 Å². The van der Waals surface area contributed by atoms with Gasteiger partial charge < -0.3 is 10.2 Å². The molecule has 1 amide bonds. The number of amides is 1. The molecular formula is C20H19F4N3O. The van der Waals surface area contributed by atoms with Gasteiger partial charge in [-0.15, -0.1) is 0 Å². The highest BCUT2D eigenvalue weighted by Gasteiger charge is 2.31. The molecule has 1 aromatic carbocycles. The summed E-state index contributed by atoms with van der Waals surface area (Å²) in [4.78, 5) is 17.8. The molecule has 3 rings (SSSR count). The van der Waals surface area contributed by atoms with Crippen LogP contribution in [-0.4, -0.2) is 30.0 Å². The van der Waals surface area contributed by atoms with Gasteiger partial charge in [-0.25, -0.2) is 9.37 Å². The smallest absolute Gasteiger partial charge is 0.356 e. The van der Waals surface area contributed by atoms with Gasteiger partial charge in [0.15, 0.2) is 0 Å². The summed E-state index contributed by atoms with van der Waals surface area (Å²) in [6.07, 6.45) is 0.776. The van der Waals surface area contributed by atoms with E-state index in [1.54, 1.807) is 18.2 Å². The average Bonchev–Trinajstić information content (AvgIpc) is 2.68. The van der Waals surface area contributed by atoms with Crippen LogP contribution in [0.2, 0.25) is 0 Å². The van der Waals surface area contributed by atoms with Gasteiger partial charge in [-0.2, -0.15) is 13.2 Å². The molecule has 1 saturated heterocycles. The third-order valence-corrected chi connectivity index (χ3v) is 4.54. The van der Waals surface area contributed by atoms with E-state index in [1.165, 1.54) is 24.3 Å². The highest BCUT2D eigenvalue weighted by atomic mass is 19.4. The fraction of sp³-hybridized carbons (Fsp3) is 0.300. The van der Waals surface area contributed by atoms with E-state index in [0.29, 0.717) is 31.7 Å². The molecule has 1 fully saturated rings.